The van der Waals surface area contributed by atoms with Crippen LogP contribution in [-0.2, 0) is 15.0 Å². The van der Waals surface area contributed by atoms with Crippen LogP contribution in [-0.4, -0.2) is 23.4 Å². The Bertz CT molecular complexity index is 3030. The number of nitrogens with zero attached hydrogens (tertiary/aromatic N) is 2. The molecule has 0 aliphatic carbocycles. The number of imidazole rings is 1. The Morgan fingerprint density at radius 1 is 0.284 bits per heavy atom. The predicted molar refractivity (Wildman–Crippen MR) is 297 cm³/mol. The zero-order valence-corrected chi connectivity index (χ0v) is 42.4. The molecule has 0 aliphatic rings. The van der Waals surface area contributed by atoms with Crippen LogP contribution >= 0.6 is 0 Å². The number of hydrogen-bond acceptors (Lipinski definition) is 2. The third-order valence-electron chi connectivity index (χ3n) is 14.3. The molecule has 11 aromatic rings. The van der Waals surface area contributed by atoms with Gasteiger partial charge >= 0.3 is 445 Å². The SMILES string of the molecule is COc1cc(C(c2ccccc2)c2ccccc2)c(-n2ccn(-c3c(C(c4ccccc4)c4ccccc4)cc(OC)cc3C(c3ccccc3)c3ccccc3)[c]2=[Ni])c(C(c2ccccc2)c2ccccc2)c1. The van der Waals surface area contributed by atoms with Crippen LogP contribution in [0.2, 0.25) is 0 Å². The molecule has 0 saturated carbocycles. The summed E-state index contributed by atoms with van der Waals surface area (Å²) in [6.45, 7) is 0. The van der Waals surface area contributed by atoms with Crippen LogP contribution in [0.25, 0.3) is 11.4 Å². The zero-order chi connectivity index (χ0) is 50.2. The van der Waals surface area contributed by atoms with Gasteiger partial charge in [-0.05, 0) is 0 Å². The number of rotatable bonds is 16. The van der Waals surface area contributed by atoms with Gasteiger partial charge in [-0.3, -0.25) is 0 Å². The summed E-state index contributed by atoms with van der Waals surface area (Å²) < 4.78 is 17.9. The van der Waals surface area contributed by atoms with Crippen molar-refractivity contribution in [3.05, 3.63) is 350 Å². The second-order valence-corrected chi connectivity index (χ2v) is 19.0. The van der Waals surface area contributed by atoms with E-state index in [0.29, 0.717) is 4.40 Å². The van der Waals surface area contributed by atoms with Crippen LogP contribution in [0.3, 0.4) is 0 Å². The van der Waals surface area contributed by atoms with Crippen molar-refractivity contribution in [1.82, 2.24) is 9.13 Å². The average molecular weight is 1000 g/mol. The predicted octanol–water partition coefficient (Wildman–Crippen LogP) is 16.1. The Morgan fingerprint density at radius 3 is 0.622 bits per heavy atom. The van der Waals surface area contributed by atoms with E-state index in [0.717, 1.165) is 89.6 Å². The summed E-state index contributed by atoms with van der Waals surface area (Å²) in [6, 6.07) is 95.4. The fraction of sp³-hybridized carbons (Fsp3) is 0.0870. The van der Waals surface area contributed by atoms with E-state index >= 15 is 0 Å². The quantitative estimate of drug-likeness (QED) is 0.0713. The van der Waals surface area contributed by atoms with Crippen molar-refractivity contribution in [3.8, 4) is 22.9 Å². The number of benzene rings is 10. The van der Waals surface area contributed by atoms with Gasteiger partial charge in [-0.25, -0.2) is 0 Å². The van der Waals surface area contributed by atoms with Crippen LogP contribution in [0.15, 0.2) is 279 Å². The fourth-order valence-electron chi connectivity index (χ4n) is 11.0. The molecule has 1 aromatic heterocycles. The Hall–Kier alpha value is -8.50. The molecule has 0 N–H and O–H groups in total. The molecule has 0 saturated heterocycles. The van der Waals surface area contributed by atoms with Crippen molar-refractivity contribution >= 4 is 0 Å². The topological polar surface area (TPSA) is 28.3 Å². The van der Waals surface area contributed by atoms with Crippen molar-refractivity contribution < 1.29 is 24.5 Å². The van der Waals surface area contributed by atoms with Gasteiger partial charge in [0.2, 0.25) is 0 Å². The van der Waals surface area contributed by atoms with Gasteiger partial charge in [0.05, 0.1) is 0 Å². The van der Waals surface area contributed by atoms with E-state index in [1.165, 1.54) is 0 Å². The molecule has 11 rings (SSSR count). The van der Waals surface area contributed by atoms with Gasteiger partial charge in [0.25, 0.3) is 0 Å². The maximum absolute atomic E-state index is 6.61. The summed E-state index contributed by atoms with van der Waals surface area (Å²) in [5, 5.41) is 0. The molecule has 5 heteroatoms. The Balaban J connectivity index is 1.28. The molecule has 364 valence electrons. The molecule has 0 aliphatic heterocycles. The molecule has 1 heterocycles. The van der Waals surface area contributed by atoms with Gasteiger partial charge in [0.1, 0.15) is 0 Å². The zero-order valence-electron chi connectivity index (χ0n) is 41.4. The van der Waals surface area contributed by atoms with E-state index in [-0.39, 0.29) is 23.7 Å². The number of methoxy groups -OCH3 is 2. The number of hydrogen-bond donors (Lipinski definition) is 0. The first-order chi connectivity index (χ1) is 36.6. The number of ether oxygens (including phenoxy) is 2. The van der Waals surface area contributed by atoms with Crippen LogP contribution in [0.4, 0.5) is 0 Å². The standard InChI is InChI=1S/C69H56N2O2.Ni/c1-72-58-45-60(64(50-27-11-3-12-28-50)51-29-13-4-14-30-51)68(61(46-58)65(52-31-15-5-16-32-52)53-33-17-6-18-34-53)70-43-44-71(49-70)69-62(66(54-35-19-7-20-36-54)55-37-21-8-22-38-55)47-59(73-2)48-63(69)67(56-39-23-9-24-40-56)57-41-25-10-26-42-57;/h3-48,64-67H,1-2H3;. The monoisotopic (exact) mass is 1000 g/mol. The van der Waals surface area contributed by atoms with Gasteiger partial charge in [0.15, 0.2) is 0 Å². The summed E-state index contributed by atoms with van der Waals surface area (Å²) in [7, 11) is 3.54. The molecule has 0 unspecified atom stereocenters. The normalized spacial score (nSPS) is 11.4. The first-order valence-electron chi connectivity index (χ1n) is 25.2. The number of aromatic nitrogens is 2. The molecule has 4 nitrogen and oxygen atoms in total. The van der Waals surface area contributed by atoms with E-state index in [4.69, 9.17) is 24.5 Å². The molecule has 0 radical (unpaired) electrons. The Morgan fingerprint density at radius 2 is 0.459 bits per heavy atom. The van der Waals surface area contributed by atoms with E-state index in [2.05, 4.69) is 288 Å². The molecular weight excluding hydrogens is 947 g/mol. The van der Waals surface area contributed by atoms with Crippen LogP contribution in [0.5, 0.6) is 11.5 Å². The van der Waals surface area contributed by atoms with Gasteiger partial charge in [0, 0.05) is 0 Å². The third kappa shape index (κ3) is 9.63. The van der Waals surface area contributed by atoms with Crippen molar-refractivity contribution in [2.45, 2.75) is 23.7 Å². The third-order valence-corrected chi connectivity index (χ3v) is 14.8. The van der Waals surface area contributed by atoms with Crippen LogP contribution in [0.1, 0.15) is 90.4 Å². The molecule has 74 heavy (non-hydrogen) atoms. The summed E-state index contributed by atoms with van der Waals surface area (Å²) in [5.74, 6) is 0.746. The molecule has 0 bridgehead atoms. The molecule has 0 spiro atoms. The summed E-state index contributed by atoms with van der Waals surface area (Å²) >= 11 is 6.61. The minimum absolute atomic E-state index is 0.197. The first-order valence-corrected chi connectivity index (χ1v) is 25.7. The van der Waals surface area contributed by atoms with Crippen molar-refractivity contribution in [2.75, 3.05) is 14.2 Å². The molecule has 10 aromatic carbocycles. The van der Waals surface area contributed by atoms with Crippen molar-refractivity contribution in [2.24, 2.45) is 0 Å². The van der Waals surface area contributed by atoms with Crippen LogP contribution in [0, 0.1) is 4.40 Å². The summed E-state index contributed by atoms with van der Waals surface area (Å²) in [4.78, 5) is 0. The molecular formula is C69H56N2NiO2. The van der Waals surface area contributed by atoms with Crippen molar-refractivity contribution in [1.29, 1.82) is 0 Å². The van der Waals surface area contributed by atoms with Gasteiger partial charge in [-0.1, -0.05) is 0 Å². The van der Waals surface area contributed by atoms with Gasteiger partial charge in [-0.2, -0.15) is 0 Å². The molecule has 0 atom stereocenters. The second-order valence-electron chi connectivity index (χ2n) is 18.6. The van der Waals surface area contributed by atoms with Gasteiger partial charge in [-0.15, -0.1) is 0 Å². The van der Waals surface area contributed by atoms with Crippen LogP contribution < -0.4 is 9.47 Å². The van der Waals surface area contributed by atoms with Crippen molar-refractivity contribution in [3.63, 3.8) is 0 Å². The average Bonchev–Trinajstić information content (AvgIpc) is 3.85. The summed E-state index contributed by atoms with van der Waals surface area (Å²) in [5.41, 5.74) is 15.6. The molecule has 0 fully saturated rings. The Labute approximate surface area is 442 Å². The maximum atomic E-state index is 6.61. The first kappa shape index (κ1) is 47.8. The van der Waals surface area contributed by atoms with E-state index in [1.807, 2.05) is 0 Å². The minimum atomic E-state index is -0.197. The Kier molecular flexibility index (Phi) is 14.3. The van der Waals surface area contributed by atoms with E-state index in [9.17, 15) is 0 Å². The fourth-order valence-corrected chi connectivity index (χ4v) is 11.4. The molecule has 0 amide bonds. The second kappa shape index (κ2) is 22.1. The van der Waals surface area contributed by atoms with E-state index < -0.39 is 0 Å². The van der Waals surface area contributed by atoms with E-state index in [1.54, 1.807) is 14.2 Å². The summed E-state index contributed by atoms with van der Waals surface area (Å²) in [6.07, 6.45) is 4.37. The van der Waals surface area contributed by atoms with Gasteiger partial charge < -0.3 is 0 Å².